The normalized spacial score (nSPS) is 60.3. The molecule has 3 saturated carbocycles. The molecular weight excluding hydrogens is 136 g/mol. The van der Waals surface area contributed by atoms with E-state index < -0.39 is 0 Å². The SMILES string of the molecule is O[C@@]12CCC[C@H]3C[C@@H](C[C@@H]31)C2. The zero-order valence-corrected chi connectivity index (χ0v) is 6.92. The van der Waals surface area contributed by atoms with E-state index in [-0.39, 0.29) is 5.60 Å². The van der Waals surface area contributed by atoms with Gasteiger partial charge >= 0.3 is 0 Å². The van der Waals surface area contributed by atoms with Crippen LogP contribution in [-0.2, 0) is 0 Å². The van der Waals surface area contributed by atoms with Gasteiger partial charge in [-0.05, 0) is 49.9 Å². The van der Waals surface area contributed by atoms with Crippen molar-refractivity contribution in [3.8, 4) is 0 Å². The maximum absolute atomic E-state index is 10.2. The van der Waals surface area contributed by atoms with E-state index >= 15 is 0 Å². The van der Waals surface area contributed by atoms with Crippen molar-refractivity contribution >= 4 is 0 Å². The summed E-state index contributed by atoms with van der Waals surface area (Å²) in [4.78, 5) is 0. The third-order valence-electron chi connectivity index (χ3n) is 4.31. The summed E-state index contributed by atoms with van der Waals surface area (Å²) in [5.74, 6) is 2.52. The van der Waals surface area contributed by atoms with E-state index in [9.17, 15) is 5.11 Å². The summed E-state index contributed by atoms with van der Waals surface area (Å²) >= 11 is 0. The molecule has 0 spiro atoms. The van der Waals surface area contributed by atoms with Gasteiger partial charge in [-0.15, -0.1) is 0 Å². The Hall–Kier alpha value is -0.0400. The number of fused-ring (bicyclic) bond motifs is 1. The van der Waals surface area contributed by atoms with Crippen molar-refractivity contribution in [1.82, 2.24) is 0 Å². The van der Waals surface area contributed by atoms with Gasteiger partial charge in [-0.25, -0.2) is 0 Å². The van der Waals surface area contributed by atoms with Gasteiger partial charge < -0.3 is 5.11 Å². The molecule has 2 bridgehead atoms. The molecule has 0 heterocycles. The number of hydrogen-bond acceptors (Lipinski definition) is 1. The van der Waals surface area contributed by atoms with Crippen LogP contribution >= 0.6 is 0 Å². The van der Waals surface area contributed by atoms with Crippen LogP contribution in [0.25, 0.3) is 0 Å². The molecule has 0 unspecified atom stereocenters. The van der Waals surface area contributed by atoms with E-state index in [1.54, 1.807) is 0 Å². The van der Waals surface area contributed by atoms with Crippen molar-refractivity contribution in [3.63, 3.8) is 0 Å². The monoisotopic (exact) mass is 152 g/mol. The van der Waals surface area contributed by atoms with Crippen LogP contribution in [0.5, 0.6) is 0 Å². The molecule has 0 aromatic heterocycles. The van der Waals surface area contributed by atoms with Crippen molar-refractivity contribution in [2.45, 2.75) is 44.1 Å². The summed E-state index contributed by atoms with van der Waals surface area (Å²) in [7, 11) is 0. The number of aliphatic hydroxyl groups is 1. The molecule has 3 aliphatic carbocycles. The quantitative estimate of drug-likeness (QED) is 0.562. The predicted octanol–water partition coefficient (Wildman–Crippen LogP) is 1.95. The van der Waals surface area contributed by atoms with Crippen molar-refractivity contribution in [2.24, 2.45) is 17.8 Å². The maximum atomic E-state index is 10.2. The van der Waals surface area contributed by atoms with Gasteiger partial charge in [0.25, 0.3) is 0 Å². The summed E-state index contributed by atoms with van der Waals surface area (Å²) in [5.41, 5.74) is -0.189. The molecule has 0 saturated heterocycles. The van der Waals surface area contributed by atoms with Crippen LogP contribution in [0.4, 0.5) is 0 Å². The van der Waals surface area contributed by atoms with Gasteiger partial charge in [0.1, 0.15) is 0 Å². The lowest BCUT2D eigenvalue weighted by molar-refractivity contribution is -0.0666. The van der Waals surface area contributed by atoms with Gasteiger partial charge in [0.15, 0.2) is 0 Å². The predicted molar refractivity (Wildman–Crippen MR) is 43.1 cm³/mol. The standard InChI is InChI=1S/C10H16O/c11-10-3-1-2-8-4-7(6-10)5-9(8)10/h7-9,11H,1-6H2/t7-,8-,9-,10+/m0/s1. The van der Waals surface area contributed by atoms with E-state index in [2.05, 4.69) is 0 Å². The Balaban J connectivity index is 1.97. The van der Waals surface area contributed by atoms with E-state index in [4.69, 9.17) is 0 Å². The first-order valence-electron chi connectivity index (χ1n) is 5.00. The Morgan fingerprint density at radius 1 is 1.27 bits per heavy atom. The fourth-order valence-electron chi connectivity index (χ4n) is 3.99. The summed E-state index contributed by atoms with van der Waals surface area (Å²) in [6.07, 6.45) is 7.71. The maximum Gasteiger partial charge on any atom is 0.0681 e. The molecule has 3 fully saturated rings. The lowest BCUT2D eigenvalue weighted by Crippen LogP contribution is -2.42. The van der Waals surface area contributed by atoms with E-state index in [0.717, 1.165) is 24.7 Å². The van der Waals surface area contributed by atoms with Crippen LogP contribution in [0.3, 0.4) is 0 Å². The smallest absolute Gasteiger partial charge is 0.0681 e. The molecule has 4 atom stereocenters. The first-order valence-corrected chi connectivity index (χ1v) is 5.00. The lowest BCUT2D eigenvalue weighted by Gasteiger charge is -2.42. The molecule has 3 rings (SSSR count). The fraction of sp³-hybridized carbons (Fsp3) is 1.00. The van der Waals surface area contributed by atoms with Crippen LogP contribution in [0.2, 0.25) is 0 Å². The average Bonchev–Trinajstić information content (AvgIpc) is 2.40. The molecule has 3 aliphatic rings. The third kappa shape index (κ3) is 0.703. The Bertz CT molecular complexity index is 189. The molecule has 1 nitrogen and oxygen atoms in total. The zero-order chi connectivity index (χ0) is 7.47. The van der Waals surface area contributed by atoms with Crippen LogP contribution < -0.4 is 0 Å². The minimum Gasteiger partial charge on any atom is -0.390 e. The number of rotatable bonds is 0. The molecule has 1 N–H and O–H groups in total. The van der Waals surface area contributed by atoms with Crippen molar-refractivity contribution in [3.05, 3.63) is 0 Å². The highest BCUT2D eigenvalue weighted by atomic mass is 16.3. The summed E-state index contributed by atoms with van der Waals surface area (Å²) in [6, 6.07) is 0. The van der Waals surface area contributed by atoms with E-state index in [1.807, 2.05) is 0 Å². The second-order valence-corrected chi connectivity index (χ2v) is 4.90. The average molecular weight is 152 g/mol. The lowest BCUT2D eigenvalue weighted by atomic mass is 9.68. The Morgan fingerprint density at radius 2 is 2.18 bits per heavy atom. The van der Waals surface area contributed by atoms with Gasteiger partial charge in [-0.2, -0.15) is 0 Å². The van der Waals surface area contributed by atoms with Gasteiger partial charge in [0.2, 0.25) is 0 Å². The molecule has 62 valence electrons. The van der Waals surface area contributed by atoms with Gasteiger partial charge in [-0.1, -0.05) is 6.42 Å². The Labute approximate surface area is 67.8 Å². The minimum absolute atomic E-state index is 0.189. The first kappa shape index (κ1) is 6.47. The molecule has 11 heavy (non-hydrogen) atoms. The Morgan fingerprint density at radius 3 is 2.82 bits per heavy atom. The molecule has 1 heteroatoms. The topological polar surface area (TPSA) is 20.2 Å². The largest absolute Gasteiger partial charge is 0.390 e. The van der Waals surface area contributed by atoms with Crippen LogP contribution in [-0.4, -0.2) is 10.7 Å². The molecule has 0 aromatic rings. The van der Waals surface area contributed by atoms with Gasteiger partial charge in [0.05, 0.1) is 5.60 Å². The Kier molecular flexibility index (Phi) is 1.07. The third-order valence-corrected chi connectivity index (χ3v) is 4.31. The summed E-state index contributed by atoms with van der Waals surface area (Å²) < 4.78 is 0. The van der Waals surface area contributed by atoms with Crippen LogP contribution in [0, 0.1) is 17.8 Å². The van der Waals surface area contributed by atoms with E-state index in [0.29, 0.717) is 5.92 Å². The zero-order valence-electron chi connectivity index (χ0n) is 6.92. The number of hydrogen-bond donors (Lipinski definition) is 1. The fourth-order valence-corrected chi connectivity index (χ4v) is 3.99. The van der Waals surface area contributed by atoms with Gasteiger partial charge in [0, 0.05) is 0 Å². The molecule has 0 aliphatic heterocycles. The highest BCUT2D eigenvalue weighted by Gasteiger charge is 2.55. The van der Waals surface area contributed by atoms with E-state index in [1.165, 1.54) is 25.7 Å². The van der Waals surface area contributed by atoms with Gasteiger partial charge in [-0.3, -0.25) is 0 Å². The van der Waals surface area contributed by atoms with Crippen molar-refractivity contribution < 1.29 is 5.11 Å². The van der Waals surface area contributed by atoms with Crippen LogP contribution in [0.1, 0.15) is 38.5 Å². The molecule has 0 aromatic carbocycles. The summed E-state index contributed by atoms with van der Waals surface area (Å²) in [5, 5.41) is 10.2. The minimum atomic E-state index is -0.189. The molecular formula is C10H16O. The highest BCUT2D eigenvalue weighted by molar-refractivity contribution is 5.07. The molecule has 0 amide bonds. The second-order valence-electron chi connectivity index (χ2n) is 4.90. The van der Waals surface area contributed by atoms with Crippen molar-refractivity contribution in [2.75, 3.05) is 0 Å². The van der Waals surface area contributed by atoms with Crippen molar-refractivity contribution in [1.29, 1.82) is 0 Å². The first-order chi connectivity index (χ1) is 5.28. The summed E-state index contributed by atoms with van der Waals surface area (Å²) in [6.45, 7) is 0. The molecule has 0 radical (unpaired) electrons. The van der Waals surface area contributed by atoms with Crippen LogP contribution in [0.15, 0.2) is 0 Å². The second kappa shape index (κ2) is 1.82. The highest BCUT2D eigenvalue weighted by Crippen LogP contribution is 2.59.